The Hall–Kier alpha value is -0.880. The Labute approximate surface area is 109 Å². The van der Waals surface area contributed by atoms with Gasteiger partial charge in [0, 0.05) is 19.7 Å². The fourth-order valence-electron chi connectivity index (χ4n) is 1.41. The Morgan fingerprint density at radius 1 is 1.59 bits per heavy atom. The number of hydrogen-bond acceptors (Lipinski definition) is 4. The van der Waals surface area contributed by atoms with E-state index in [0.717, 1.165) is 0 Å². The van der Waals surface area contributed by atoms with Gasteiger partial charge in [-0.05, 0) is 36.7 Å². The maximum atomic E-state index is 11.8. The Morgan fingerprint density at radius 3 is 2.88 bits per heavy atom. The first-order valence-electron chi connectivity index (χ1n) is 5.71. The number of nitrogens with one attached hydrogen (secondary N) is 1. The fourth-order valence-corrected chi connectivity index (χ4v) is 1.86. The van der Waals surface area contributed by atoms with Crippen LogP contribution in [0.3, 0.4) is 0 Å². The number of halogens is 1. The lowest BCUT2D eigenvalue weighted by Crippen LogP contribution is -2.25. The molecule has 0 saturated carbocycles. The summed E-state index contributed by atoms with van der Waals surface area (Å²) in [4.78, 5) is 11.8. The van der Waals surface area contributed by atoms with Crippen molar-refractivity contribution >= 4 is 21.6 Å². The Bertz CT molecular complexity index is 420. The summed E-state index contributed by atoms with van der Waals surface area (Å²) in [6.45, 7) is 7.70. The minimum atomic E-state index is -0.124. The first-order valence-corrected chi connectivity index (χ1v) is 6.50. The Morgan fingerprint density at radius 2 is 2.29 bits per heavy atom. The van der Waals surface area contributed by atoms with Gasteiger partial charge in [-0.2, -0.15) is 5.10 Å². The average molecular weight is 304 g/mol. The zero-order valence-corrected chi connectivity index (χ0v) is 12.0. The summed E-state index contributed by atoms with van der Waals surface area (Å²) in [5, 5.41) is 7.19. The van der Waals surface area contributed by atoms with E-state index in [0.29, 0.717) is 29.9 Å². The molecular formula is C11H18BrN3O2. The molecule has 1 rings (SSSR count). The van der Waals surface area contributed by atoms with Crippen LogP contribution in [0.15, 0.2) is 15.5 Å². The van der Waals surface area contributed by atoms with E-state index in [1.807, 2.05) is 20.8 Å². The average Bonchev–Trinajstić information content (AvgIpc) is 2.31. The SMILES string of the molecule is CCOC(C)CNc1cnn(CC)c(=O)c1Br. The highest BCUT2D eigenvalue weighted by atomic mass is 79.9. The quantitative estimate of drug-likeness (QED) is 0.871. The molecule has 0 fully saturated rings. The van der Waals surface area contributed by atoms with E-state index in [1.165, 1.54) is 4.68 Å². The van der Waals surface area contributed by atoms with Crippen molar-refractivity contribution in [2.45, 2.75) is 33.4 Å². The third-order valence-corrected chi connectivity index (χ3v) is 3.08. The lowest BCUT2D eigenvalue weighted by molar-refractivity contribution is 0.0855. The van der Waals surface area contributed by atoms with Crippen LogP contribution < -0.4 is 10.9 Å². The zero-order valence-electron chi connectivity index (χ0n) is 10.4. The number of anilines is 1. The largest absolute Gasteiger partial charge is 0.380 e. The Balaban J connectivity index is 2.73. The van der Waals surface area contributed by atoms with Gasteiger partial charge in [0.1, 0.15) is 4.47 Å². The van der Waals surface area contributed by atoms with Gasteiger partial charge in [0.2, 0.25) is 0 Å². The summed E-state index contributed by atoms with van der Waals surface area (Å²) < 4.78 is 7.31. The topological polar surface area (TPSA) is 56.1 Å². The molecule has 0 radical (unpaired) electrons. The van der Waals surface area contributed by atoms with E-state index in [4.69, 9.17) is 4.74 Å². The number of hydrogen-bond donors (Lipinski definition) is 1. The van der Waals surface area contributed by atoms with Crippen LogP contribution >= 0.6 is 15.9 Å². The minimum absolute atomic E-state index is 0.0977. The van der Waals surface area contributed by atoms with Crippen molar-refractivity contribution in [2.75, 3.05) is 18.5 Å². The van der Waals surface area contributed by atoms with E-state index >= 15 is 0 Å². The monoisotopic (exact) mass is 303 g/mol. The standard InChI is InChI=1S/C11H18BrN3O2/c1-4-15-11(16)10(12)9(7-14-15)13-6-8(3)17-5-2/h7-8,13H,4-6H2,1-3H3. The molecule has 1 unspecified atom stereocenters. The van der Waals surface area contributed by atoms with Crippen LogP contribution in [0.5, 0.6) is 0 Å². The molecule has 0 aliphatic carbocycles. The normalized spacial score (nSPS) is 12.5. The van der Waals surface area contributed by atoms with Crippen molar-refractivity contribution in [1.82, 2.24) is 9.78 Å². The summed E-state index contributed by atoms with van der Waals surface area (Å²) in [6, 6.07) is 0. The van der Waals surface area contributed by atoms with Crippen molar-refractivity contribution in [1.29, 1.82) is 0 Å². The summed E-state index contributed by atoms with van der Waals surface area (Å²) >= 11 is 3.28. The number of aromatic nitrogens is 2. The van der Waals surface area contributed by atoms with Crippen molar-refractivity contribution in [3.05, 3.63) is 21.0 Å². The number of ether oxygens (including phenoxy) is 1. The van der Waals surface area contributed by atoms with Gasteiger partial charge in [0.05, 0.1) is 18.0 Å². The smallest absolute Gasteiger partial charge is 0.283 e. The predicted octanol–water partition coefficient (Wildman–Crippen LogP) is 1.86. The molecule has 1 heterocycles. The lowest BCUT2D eigenvalue weighted by atomic mass is 10.3. The van der Waals surface area contributed by atoms with E-state index in [2.05, 4.69) is 26.3 Å². The summed E-state index contributed by atoms with van der Waals surface area (Å²) in [6.07, 6.45) is 1.74. The van der Waals surface area contributed by atoms with Crippen molar-refractivity contribution in [2.24, 2.45) is 0 Å². The van der Waals surface area contributed by atoms with Gasteiger partial charge >= 0.3 is 0 Å². The van der Waals surface area contributed by atoms with Gasteiger partial charge in [-0.25, -0.2) is 4.68 Å². The van der Waals surface area contributed by atoms with E-state index in [9.17, 15) is 4.79 Å². The second kappa shape index (κ2) is 6.76. The van der Waals surface area contributed by atoms with Gasteiger partial charge in [0.25, 0.3) is 5.56 Å². The molecule has 6 heteroatoms. The third-order valence-electron chi connectivity index (χ3n) is 2.32. The predicted molar refractivity (Wildman–Crippen MR) is 71.4 cm³/mol. The van der Waals surface area contributed by atoms with Gasteiger partial charge in [-0.1, -0.05) is 0 Å². The van der Waals surface area contributed by atoms with Gasteiger partial charge in [-0.3, -0.25) is 4.79 Å². The molecule has 0 bridgehead atoms. The van der Waals surface area contributed by atoms with E-state index in [-0.39, 0.29) is 11.7 Å². The van der Waals surface area contributed by atoms with E-state index < -0.39 is 0 Å². The molecule has 5 nitrogen and oxygen atoms in total. The highest BCUT2D eigenvalue weighted by Crippen LogP contribution is 2.16. The van der Waals surface area contributed by atoms with Crippen LogP contribution in [0, 0.1) is 0 Å². The molecule has 0 amide bonds. The molecular weight excluding hydrogens is 286 g/mol. The summed E-state index contributed by atoms with van der Waals surface area (Å²) in [5.41, 5.74) is 0.577. The highest BCUT2D eigenvalue weighted by molar-refractivity contribution is 9.10. The van der Waals surface area contributed by atoms with Gasteiger partial charge < -0.3 is 10.1 Å². The van der Waals surface area contributed by atoms with Crippen molar-refractivity contribution in [3.63, 3.8) is 0 Å². The molecule has 96 valence electrons. The van der Waals surface area contributed by atoms with Crippen LogP contribution in [0.2, 0.25) is 0 Å². The molecule has 1 aromatic rings. The number of nitrogens with zero attached hydrogens (tertiary/aromatic N) is 2. The number of aryl methyl sites for hydroxylation is 1. The van der Waals surface area contributed by atoms with E-state index in [1.54, 1.807) is 6.20 Å². The van der Waals surface area contributed by atoms with Crippen LogP contribution in [-0.4, -0.2) is 29.0 Å². The zero-order chi connectivity index (χ0) is 12.8. The summed E-state index contributed by atoms with van der Waals surface area (Å²) in [5.74, 6) is 0. The highest BCUT2D eigenvalue weighted by Gasteiger charge is 2.08. The van der Waals surface area contributed by atoms with Crippen LogP contribution in [-0.2, 0) is 11.3 Å². The molecule has 0 saturated heterocycles. The van der Waals surface area contributed by atoms with Crippen molar-refractivity contribution in [3.8, 4) is 0 Å². The van der Waals surface area contributed by atoms with Crippen molar-refractivity contribution < 1.29 is 4.74 Å². The summed E-state index contributed by atoms with van der Waals surface area (Å²) in [7, 11) is 0. The molecule has 1 atom stereocenters. The number of rotatable bonds is 6. The maximum absolute atomic E-state index is 11.8. The second-order valence-electron chi connectivity index (χ2n) is 3.64. The molecule has 0 aliphatic rings. The first-order chi connectivity index (χ1) is 8.10. The van der Waals surface area contributed by atoms with Crippen LogP contribution in [0.1, 0.15) is 20.8 Å². The molecule has 1 N–H and O–H groups in total. The van der Waals surface area contributed by atoms with Crippen LogP contribution in [0.25, 0.3) is 0 Å². The maximum Gasteiger partial charge on any atom is 0.283 e. The van der Waals surface area contributed by atoms with Gasteiger partial charge in [0.15, 0.2) is 0 Å². The minimum Gasteiger partial charge on any atom is -0.380 e. The molecule has 0 aromatic carbocycles. The first kappa shape index (κ1) is 14.2. The second-order valence-corrected chi connectivity index (χ2v) is 4.43. The molecule has 1 aromatic heterocycles. The molecule has 17 heavy (non-hydrogen) atoms. The third kappa shape index (κ3) is 3.81. The molecule has 0 spiro atoms. The lowest BCUT2D eigenvalue weighted by Gasteiger charge is -2.14. The molecule has 0 aliphatic heterocycles. The van der Waals surface area contributed by atoms with Gasteiger partial charge in [-0.15, -0.1) is 0 Å². The Kier molecular flexibility index (Phi) is 5.64. The fraction of sp³-hybridized carbons (Fsp3) is 0.636. The van der Waals surface area contributed by atoms with Crippen LogP contribution in [0.4, 0.5) is 5.69 Å².